The predicted molar refractivity (Wildman–Crippen MR) is 79.7 cm³/mol. The Kier molecular flexibility index (Phi) is 4.51. The van der Waals surface area contributed by atoms with Crippen molar-refractivity contribution < 1.29 is 19.1 Å². The number of aliphatic carboxylic acids is 1. The molecule has 1 aliphatic heterocycles. The van der Waals surface area contributed by atoms with Crippen LogP contribution in [-0.2, 0) is 4.79 Å². The molecule has 2 rings (SSSR count). The van der Waals surface area contributed by atoms with Crippen LogP contribution in [0.2, 0.25) is 0 Å². The summed E-state index contributed by atoms with van der Waals surface area (Å²) in [5.41, 5.74) is -0.555. The van der Waals surface area contributed by atoms with Crippen molar-refractivity contribution in [1.29, 1.82) is 0 Å². The van der Waals surface area contributed by atoms with Gasteiger partial charge in [-0.25, -0.2) is 9.18 Å². The van der Waals surface area contributed by atoms with Gasteiger partial charge in [0.2, 0.25) is 0 Å². The third-order valence-corrected chi connectivity index (χ3v) is 4.63. The Bertz CT molecular complexity index is 581. The van der Waals surface area contributed by atoms with Crippen LogP contribution in [0.3, 0.4) is 0 Å². The maximum absolute atomic E-state index is 13.2. The second-order valence-electron chi connectivity index (χ2n) is 5.16. The number of rotatable bonds is 3. The molecule has 1 aromatic carbocycles. The molecular formula is C14H16BrFN2O3. The molecule has 1 unspecified atom stereocenters. The Hall–Kier alpha value is -1.63. The number of urea groups is 1. The van der Waals surface area contributed by atoms with Crippen molar-refractivity contribution in [2.45, 2.75) is 19.8 Å². The Balaban J connectivity index is 2.09. The first-order valence-electron chi connectivity index (χ1n) is 6.62. The molecule has 5 nitrogen and oxygen atoms in total. The van der Waals surface area contributed by atoms with Crippen LogP contribution < -0.4 is 5.32 Å². The van der Waals surface area contributed by atoms with E-state index >= 15 is 0 Å². The van der Waals surface area contributed by atoms with E-state index in [1.54, 1.807) is 6.92 Å². The minimum atomic E-state index is -0.882. The first-order chi connectivity index (χ1) is 9.88. The number of nitrogens with one attached hydrogen (secondary N) is 1. The third kappa shape index (κ3) is 3.18. The van der Waals surface area contributed by atoms with Gasteiger partial charge in [0.25, 0.3) is 0 Å². The summed E-state index contributed by atoms with van der Waals surface area (Å²) >= 11 is 3.23. The Morgan fingerprint density at radius 3 is 2.81 bits per heavy atom. The minimum Gasteiger partial charge on any atom is -0.481 e. The van der Waals surface area contributed by atoms with Crippen LogP contribution in [0.4, 0.5) is 14.9 Å². The van der Waals surface area contributed by atoms with E-state index in [0.29, 0.717) is 29.5 Å². The fraction of sp³-hybridized carbons (Fsp3) is 0.429. The summed E-state index contributed by atoms with van der Waals surface area (Å²) in [4.78, 5) is 25.0. The highest BCUT2D eigenvalue weighted by Gasteiger charge is 2.44. The number of carboxylic acid groups (broad SMARTS) is 1. The zero-order valence-electron chi connectivity index (χ0n) is 11.5. The molecule has 1 aliphatic rings. The zero-order valence-corrected chi connectivity index (χ0v) is 13.1. The van der Waals surface area contributed by atoms with E-state index in [4.69, 9.17) is 0 Å². The van der Waals surface area contributed by atoms with E-state index in [1.165, 1.54) is 23.1 Å². The van der Waals surface area contributed by atoms with Gasteiger partial charge >= 0.3 is 12.0 Å². The van der Waals surface area contributed by atoms with E-state index in [1.807, 2.05) is 0 Å². The van der Waals surface area contributed by atoms with Crippen LogP contribution in [0, 0.1) is 11.2 Å². The van der Waals surface area contributed by atoms with E-state index < -0.39 is 23.2 Å². The number of hydrogen-bond donors (Lipinski definition) is 2. The number of amides is 2. The van der Waals surface area contributed by atoms with Crippen molar-refractivity contribution in [3.63, 3.8) is 0 Å². The van der Waals surface area contributed by atoms with Gasteiger partial charge in [0, 0.05) is 17.6 Å². The molecule has 0 spiro atoms. The number of carbonyl (C=O) groups is 2. The summed E-state index contributed by atoms with van der Waals surface area (Å²) in [6, 6.07) is 3.57. The molecule has 1 heterocycles. The number of hydrogen-bond acceptors (Lipinski definition) is 2. The molecule has 1 fully saturated rings. The van der Waals surface area contributed by atoms with Gasteiger partial charge in [0.05, 0.1) is 11.1 Å². The van der Waals surface area contributed by atoms with E-state index in [2.05, 4.69) is 21.2 Å². The molecule has 21 heavy (non-hydrogen) atoms. The van der Waals surface area contributed by atoms with E-state index in [9.17, 15) is 19.1 Å². The molecule has 0 aromatic heterocycles. The predicted octanol–water partition coefficient (Wildman–Crippen LogP) is 3.31. The number of likely N-dealkylation sites (tertiary alicyclic amines) is 1. The largest absolute Gasteiger partial charge is 0.481 e. The molecule has 1 aromatic rings. The average Bonchev–Trinajstić information content (AvgIpc) is 2.89. The lowest BCUT2D eigenvalue weighted by Crippen LogP contribution is -2.38. The first-order valence-corrected chi connectivity index (χ1v) is 7.41. The normalized spacial score (nSPS) is 21.4. The lowest BCUT2D eigenvalue weighted by atomic mass is 9.84. The van der Waals surface area contributed by atoms with Crippen molar-refractivity contribution in [1.82, 2.24) is 4.90 Å². The van der Waals surface area contributed by atoms with Crippen molar-refractivity contribution in [3.05, 3.63) is 28.5 Å². The van der Waals surface area contributed by atoms with Gasteiger partial charge in [-0.15, -0.1) is 0 Å². The van der Waals surface area contributed by atoms with Gasteiger partial charge < -0.3 is 15.3 Å². The van der Waals surface area contributed by atoms with Gasteiger partial charge in [-0.3, -0.25) is 4.79 Å². The smallest absolute Gasteiger partial charge is 0.321 e. The topological polar surface area (TPSA) is 69.6 Å². The fourth-order valence-electron chi connectivity index (χ4n) is 2.45. The molecule has 2 amide bonds. The number of halogens is 2. The van der Waals surface area contributed by atoms with Crippen LogP contribution in [0.1, 0.15) is 19.8 Å². The van der Waals surface area contributed by atoms with Crippen molar-refractivity contribution in [3.8, 4) is 0 Å². The molecule has 2 N–H and O–H groups in total. The summed E-state index contributed by atoms with van der Waals surface area (Å²) in [5.74, 6) is -1.34. The highest BCUT2D eigenvalue weighted by Crippen LogP contribution is 2.34. The zero-order chi connectivity index (χ0) is 15.6. The highest BCUT2D eigenvalue weighted by molar-refractivity contribution is 9.10. The summed E-state index contributed by atoms with van der Waals surface area (Å²) in [6.45, 7) is 2.34. The summed E-state index contributed by atoms with van der Waals surface area (Å²) in [7, 11) is 0. The van der Waals surface area contributed by atoms with Gasteiger partial charge in [-0.1, -0.05) is 6.92 Å². The lowest BCUT2D eigenvalue weighted by Gasteiger charge is -2.23. The molecule has 0 saturated carbocycles. The van der Waals surface area contributed by atoms with Gasteiger partial charge in [-0.2, -0.15) is 0 Å². The number of carboxylic acids is 1. The lowest BCUT2D eigenvalue weighted by molar-refractivity contribution is -0.148. The van der Waals surface area contributed by atoms with Gasteiger partial charge in [0.15, 0.2) is 0 Å². The van der Waals surface area contributed by atoms with Crippen LogP contribution >= 0.6 is 15.9 Å². The van der Waals surface area contributed by atoms with E-state index in [0.717, 1.165) is 0 Å². The average molecular weight is 359 g/mol. The molecular weight excluding hydrogens is 343 g/mol. The van der Waals surface area contributed by atoms with Crippen LogP contribution in [0.15, 0.2) is 22.7 Å². The summed E-state index contributed by atoms with van der Waals surface area (Å²) < 4.78 is 13.8. The quantitative estimate of drug-likeness (QED) is 0.870. The molecule has 1 saturated heterocycles. The number of benzene rings is 1. The Morgan fingerprint density at radius 1 is 1.52 bits per heavy atom. The Labute approximate surface area is 130 Å². The molecule has 0 bridgehead atoms. The highest BCUT2D eigenvalue weighted by atomic mass is 79.9. The molecule has 0 radical (unpaired) electrons. The maximum atomic E-state index is 13.2. The second-order valence-corrected chi connectivity index (χ2v) is 6.02. The molecule has 1 atom stereocenters. The van der Waals surface area contributed by atoms with Crippen molar-refractivity contribution in [2.24, 2.45) is 5.41 Å². The molecule has 114 valence electrons. The maximum Gasteiger partial charge on any atom is 0.321 e. The second kappa shape index (κ2) is 6.01. The molecule has 7 heteroatoms. The number of carbonyl (C=O) groups excluding carboxylic acids is 1. The van der Waals surface area contributed by atoms with Crippen LogP contribution in [0.5, 0.6) is 0 Å². The molecule has 0 aliphatic carbocycles. The van der Waals surface area contributed by atoms with Crippen molar-refractivity contribution >= 4 is 33.6 Å². The first kappa shape index (κ1) is 15.8. The number of anilines is 1. The van der Waals surface area contributed by atoms with Gasteiger partial charge in [0.1, 0.15) is 5.82 Å². The SMILES string of the molecule is CCC1(C(=O)O)CCN(C(=O)Nc2cc(F)ccc2Br)C1. The fourth-order valence-corrected chi connectivity index (χ4v) is 2.79. The minimum absolute atomic E-state index is 0.164. The Morgan fingerprint density at radius 2 is 2.24 bits per heavy atom. The van der Waals surface area contributed by atoms with Crippen LogP contribution in [0.25, 0.3) is 0 Å². The monoisotopic (exact) mass is 358 g/mol. The van der Waals surface area contributed by atoms with E-state index in [-0.39, 0.29) is 6.54 Å². The summed E-state index contributed by atoms with van der Waals surface area (Å²) in [5, 5.41) is 11.9. The number of nitrogens with zero attached hydrogens (tertiary/aromatic N) is 1. The summed E-state index contributed by atoms with van der Waals surface area (Å²) in [6.07, 6.45) is 0.895. The third-order valence-electron chi connectivity index (χ3n) is 3.94. The van der Waals surface area contributed by atoms with Crippen LogP contribution in [-0.4, -0.2) is 35.1 Å². The standard InChI is InChI=1S/C14H16BrFN2O3/c1-2-14(12(19)20)5-6-18(8-14)13(21)17-11-7-9(16)3-4-10(11)15/h3-4,7H,2,5-6,8H2,1H3,(H,17,21)(H,19,20). The van der Waals surface area contributed by atoms with Gasteiger partial charge in [-0.05, 0) is 47.0 Å². The van der Waals surface area contributed by atoms with Crippen molar-refractivity contribution in [2.75, 3.05) is 18.4 Å².